The van der Waals surface area contributed by atoms with Crippen molar-refractivity contribution in [1.29, 1.82) is 0 Å². The number of thioether (sulfide) groups is 1. The van der Waals surface area contributed by atoms with Crippen molar-refractivity contribution in [3.8, 4) is 0 Å². The van der Waals surface area contributed by atoms with Crippen LogP contribution in [0.15, 0.2) is 29.2 Å². The van der Waals surface area contributed by atoms with Crippen molar-refractivity contribution in [2.75, 3.05) is 12.9 Å². The van der Waals surface area contributed by atoms with Gasteiger partial charge in [0.1, 0.15) is 0 Å². The summed E-state index contributed by atoms with van der Waals surface area (Å²) in [5, 5.41) is 0. The van der Waals surface area contributed by atoms with Crippen molar-refractivity contribution in [2.45, 2.75) is 31.3 Å². The molecule has 0 saturated heterocycles. The molecular weight excluding hydrogens is 303 g/mol. The first-order valence-corrected chi connectivity index (χ1v) is 10.8. The molecule has 1 aromatic carbocycles. The Hall–Kier alpha value is 0.490. The average molecular weight is 322 g/mol. The molecule has 102 valence electrons. The summed E-state index contributed by atoms with van der Waals surface area (Å²) in [4.78, 5) is 1.26. The summed E-state index contributed by atoms with van der Waals surface area (Å²) in [7, 11) is 0. The lowest BCUT2D eigenvalue weighted by Crippen LogP contribution is -2.09. The van der Waals surface area contributed by atoms with Crippen LogP contribution in [-0.2, 0) is 27.3 Å². The van der Waals surface area contributed by atoms with E-state index in [0.29, 0.717) is 6.61 Å². The molecule has 0 saturated carbocycles. The summed E-state index contributed by atoms with van der Waals surface area (Å²) in [6.45, 7) is 4.43. The van der Waals surface area contributed by atoms with E-state index in [1.54, 1.807) is 11.8 Å². The third-order valence-corrected chi connectivity index (χ3v) is 5.45. The van der Waals surface area contributed by atoms with Crippen molar-refractivity contribution in [3.05, 3.63) is 29.8 Å². The quantitative estimate of drug-likeness (QED) is 0.451. The van der Waals surface area contributed by atoms with E-state index in [1.165, 1.54) is 10.5 Å². The molecule has 0 N–H and O–H groups in total. The highest BCUT2D eigenvalue weighted by Crippen LogP contribution is 2.54. The molecule has 6 heteroatoms. The summed E-state index contributed by atoms with van der Waals surface area (Å²) < 4.78 is 11.0. The van der Waals surface area contributed by atoms with Crippen molar-refractivity contribution in [1.82, 2.24) is 0 Å². The maximum absolute atomic E-state index is 5.70. The summed E-state index contributed by atoms with van der Waals surface area (Å²) in [6.07, 6.45) is 2.90. The largest absolute Gasteiger partial charge is 0.322 e. The number of thiol groups is 1. The van der Waals surface area contributed by atoms with Gasteiger partial charge in [-0.05, 0) is 56.0 Å². The molecule has 0 aromatic heterocycles. The molecule has 0 aliphatic carbocycles. The zero-order valence-electron chi connectivity index (χ0n) is 10.8. The van der Waals surface area contributed by atoms with Crippen LogP contribution in [0.2, 0.25) is 0 Å². The first-order valence-electron chi connectivity index (χ1n) is 5.75. The molecule has 0 amide bonds. The van der Waals surface area contributed by atoms with Crippen LogP contribution in [0.5, 0.6) is 0 Å². The van der Waals surface area contributed by atoms with Gasteiger partial charge in [0.15, 0.2) is 0 Å². The van der Waals surface area contributed by atoms with Crippen LogP contribution in [0.25, 0.3) is 0 Å². The van der Waals surface area contributed by atoms with E-state index in [1.807, 2.05) is 13.8 Å². The van der Waals surface area contributed by atoms with E-state index in [4.69, 9.17) is 20.9 Å². The Kier molecular flexibility index (Phi) is 7.29. The van der Waals surface area contributed by atoms with Crippen LogP contribution in [0, 0.1) is 0 Å². The molecule has 18 heavy (non-hydrogen) atoms. The van der Waals surface area contributed by atoms with E-state index >= 15 is 0 Å². The molecule has 2 unspecified atom stereocenters. The van der Waals surface area contributed by atoms with Gasteiger partial charge >= 0.3 is 0 Å². The highest BCUT2D eigenvalue weighted by Gasteiger charge is 2.16. The standard InChI is InChI=1S/C12H19O2PS3/c1-4-13-15(16,17)14-10(2)9-11-5-7-12(18-3)8-6-11/h5-8,10H,4,9H2,1-3H3,(H,16,17). The maximum atomic E-state index is 5.70. The minimum atomic E-state index is -2.38. The first kappa shape index (κ1) is 16.5. The fraction of sp³-hybridized carbons (Fsp3) is 0.500. The molecule has 1 rings (SSSR count). The summed E-state index contributed by atoms with van der Waals surface area (Å²) in [5.74, 6) is 0. The second-order valence-electron chi connectivity index (χ2n) is 3.85. The number of hydrogen-bond donors (Lipinski definition) is 1. The lowest BCUT2D eigenvalue weighted by molar-refractivity contribution is 0.205. The van der Waals surface area contributed by atoms with Crippen molar-refractivity contribution in [3.63, 3.8) is 0 Å². The number of rotatable bonds is 7. The Morgan fingerprint density at radius 3 is 2.50 bits per heavy atom. The minimum Gasteiger partial charge on any atom is -0.322 e. The SMILES string of the molecule is CCOP(=S)(S)OC(C)Cc1ccc(SC)cc1. The Morgan fingerprint density at radius 2 is 2.00 bits per heavy atom. The predicted molar refractivity (Wildman–Crippen MR) is 87.4 cm³/mol. The maximum Gasteiger partial charge on any atom is 0.244 e. The fourth-order valence-electron chi connectivity index (χ4n) is 1.55. The van der Waals surface area contributed by atoms with Gasteiger partial charge in [-0.25, -0.2) is 0 Å². The third-order valence-electron chi connectivity index (χ3n) is 2.29. The van der Waals surface area contributed by atoms with Gasteiger partial charge in [-0.1, -0.05) is 24.4 Å². The molecule has 0 spiro atoms. The smallest absolute Gasteiger partial charge is 0.244 e. The van der Waals surface area contributed by atoms with Gasteiger partial charge in [-0.2, -0.15) is 0 Å². The molecule has 0 aliphatic rings. The van der Waals surface area contributed by atoms with Crippen LogP contribution in [0.3, 0.4) is 0 Å². The molecule has 2 atom stereocenters. The lowest BCUT2D eigenvalue weighted by atomic mass is 10.1. The van der Waals surface area contributed by atoms with Gasteiger partial charge in [0.2, 0.25) is 5.69 Å². The topological polar surface area (TPSA) is 18.5 Å². The molecule has 0 fully saturated rings. The van der Waals surface area contributed by atoms with Gasteiger partial charge in [-0.3, -0.25) is 0 Å². The Balaban J connectivity index is 2.53. The van der Waals surface area contributed by atoms with Crippen molar-refractivity contribution in [2.24, 2.45) is 0 Å². The molecular formula is C12H19O2PS3. The van der Waals surface area contributed by atoms with Gasteiger partial charge in [0.25, 0.3) is 0 Å². The molecule has 0 aliphatic heterocycles. The summed E-state index contributed by atoms with van der Waals surface area (Å²) >= 11 is 11.2. The Bertz CT molecular complexity index is 408. The van der Waals surface area contributed by atoms with Gasteiger partial charge in [0.05, 0.1) is 12.7 Å². The third kappa shape index (κ3) is 6.09. The van der Waals surface area contributed by atoms with E-state index < -0.39 is 5.69 Å². The second kappa shape index (κ2) is 7.93. The normalized spacial score (nSPS) is 16.2. The summed E-state index contributed by atoms with van der Waals surface area (Å²) in [5.41, 5.74) is -1.14. The van der Waals surface area contributed by atoms with E-state index in [0.717, 1.165) is 6.42 Å². The van der Waals surface area contributed by atoms with Gasteiger partial charge < -0.3 is 9.05 Å². The molecule has 0 bridgehead atoms. The highest BCUT2D eigenvalue weighted by molar-refractivity contribution is 8.60. The molecule has 0 heterocycles. The Morgan fingerprint density at radius 1 is 1.39 bits per heavy atom. The lowest BCUT2D eigenvalue weighted by Gasteiger charge is -2.21. The van der Waals surface area contributed by atoms with Crippen molar-refractivity contribution >= 4 is 41.5 Å². The van der Waals surface area contributed by atoms with Crippen LogP contribution >= 0.6 is 29.7 Å². The fourth-order valence-corrected chi connectivity index (χ4v) is 4.46. The van der Waals surface area contributed by atoms with Gasteiger partial charge in [-0.15, -0.1) is 11.8 Å². The van der Waals surface area contributed by atoms with Crippen LogP contribution in [-0.4, -0.2) is 19.0 Å². The minimum absolute atomic E-state index is 0.0139. The summed E-state index contributed by atoms with van der Waals surface area (Å²) in [6, 6.07) is 8.47. The number of benzene rings is 1. The number of hydrogen-bond acceptors (Lipinski definition) is 4. The monoisotopic (exact) mass is 322 g/mol. The van der Waals surface area contributed by atoms with E-state index in [-0.39, 0.29) is 6.10 Å². The zero-order valence-corrected chi connectivity index (χ0v) is 14.3. The van der Waals surface area contributed by atoms with Crippen LogP contribution < -0.4 is 0 Å². The predicted octanol–water partition coefficient (Wildman–Crippen LogP) is 4.55. The average Bonchev–Trinajstić information content (AvgIpc) is 2.28. The van der Waals surface area contributed by atoms with Crippen LogP contribution in [0.1, 0.15) is 19.4 Å². The zero-order chi connectivity index (χ0) is 13.6. The molecule has 1 aromatic rings. The Labute approximate surface area is 124 Å². The van der Waals surface area contributed by atoms with Crippen molar-refractivity contribution < 1.29 is 9.05 Å². The first-order chi connectivity index (χ1) is 8.46. The van der Waals surface area contributed by atoms with E-state index in [9.17, 15) is 0 Å². The second-order valence-corrected chi connectivity index (χ2v) is 9.97. The van der Waals surface area contributed by atoms with Crippen LogP contribution in [0.4, 0.5) is 0 Å². The highest BCUT2D eigenvalue weighted by atomic mass is 32.9. The van der Waals surface area contributed by atoms with E-state index in [2.05, 4.69) is 42.8 Å². The van der Waals surface area contributed by atoms with Gasteiger partial charge in [0, 0.05) is 4.90 Å². The molecule has 0 radical (unpaired) electrons. The molecule has 2 nitrogen and oxygen atoms in total.